The third-order valence-corrected chi connectivity index (χ3v) is 1.40. The van der Waals surface area contributed by atoms with Gasteiger partial charge < -0.3 is 14.6 Å². The molecule has 0 aromatic heterocycles. The minimum Gasteiger partial charge on any atom is -0.464 e. The van der Waals surface area contributed by atoms with Crippen molar-refractivity contribution in [1.82, 2.24) is 0 Å². The molecule has 1 atom stereocenters. The number of carbonyl (C=O) groups is 2. The molecule has 0 rings (SSSR count). The van der Waals surface area contributed by atoms with E-state index in [0.717, 1.165) is 0 Å². The summed E-state index contributed by atoms with van der Waals surface area (Å²) in [5.41, 5.74) is 0. The Labute approximate surface area is 85.0 Å². The molecule has 0 aliphatic carbocycles. The molecule has 0 aliphatic heterocycles. The molecule has 0 spiro atoms. The topological polar surface area (TPSA) is 72.8 Å². The van der Waals surface area contributed by atoms with Crippen molar-refractivity contribution >= 4 is 11.9 Å². The first kappa shape index (κ1) is 13.8. The zero-order chi connectivity index (χ0) is 12.1. The van der Waals surface area contributed by atoms with E-state index in [4.69, 9.17) is 5.11 Å². The van der Waals surface area contributed by atoms with Gasteiger partial charge in [-0.25, -0.2) is 9.59 Å². The molecule has 0 amide bonds. The van der Waals surface area contributed by atoms with Gasteiger partial charge in [0.15, 0.2) is 0 Å². The molecule has 0 heterocycles. The second kappa shape index (κ2) is 5.59. The molecule has 1 unspecified atom stereocenters. The summed E-state index contributed by atoms with van der Waals surface area (Å²) in [5, 5.41) is 8.85. The Morgan fingerprint density at radius 3 is 2.13 bits per heavy atom. The number of ether oxygens (including phenoxy) is 2. The fraction of sp³-hybridized carbons (Fsp3) is 0.750. The van der Waals surface area contributed by atoms with Gasteiger partial charge in [0, 0.05) is 0 Å². The predicted molar refractivity (Wildman–Crippen MR) is 44.2 cm³/mol. The van der Waals surface area contributed by atoms with E-state index in [0.29, 0.717) is 0 Å². The number of esters is 2. The van der Waals surface area contributed by atoms with Gasteiger partial charge in [0.05, 0.1) is 13.2 Å². The number of hydrogen-bond acceptors (Lipinski definition) is 5. The predicted octanol–water partition coefficient (Wildman–Crippen LogP) is 0.109. The molecule has 0 aromatic rings. The quantitative estimate of drug-likeness (QED) is 0.673. The normalized spacial score (nSPS) is 13.1. The van der Waals surface area contributed by atoms with E-state index in [1.54, 1.807) is 0 Å². The molecule has 15 heavy (non-hydrogen) atoms. The molecule has 7 heteroatoms. The molecule has 0 bridgehead atoms. The lowest BCUT2D eigenvalue weighted by Crippen LogP contribution is -2.47. The van der Waals surface area contributed by atoms with Gasteiger partial charge in [-0.1, -0.05) is 0 Å². The molecular weight excluding hydrogens is 214 g/mol. The first-order valence-corrected chi connectivity index (χ1v) is 4.27. The van der Waals surface area contributed by atoms with Crippen LogP contribution in [0.1, 0.15) is 13.8 Å². The fourth-order valence-electron chi connectivity index (χ4n) is 0.708. The van der Waals surface area contributed by atoms with Crippen LogP contribution >= 0.6 is 0 Å². The number of rotatable bonds is 5. The number of hydrogen-bond donors (Lipinski definition) is 1. The van der Waals surface area contributed by atoms with Crippen LogP contribution in [0.25, 0.3) is 0 Å². The maximum Gasteiger partial charge on any atom is 0.380 e. The van der Waals surface area contributed by atoms with Crippen molar-refractivity contribution in [2.24, 2.45) is 0 Å². The van der Waals surface area contributed by atoms with Crippen LogP contribution in [-0.4, -0.2) is 42.3 Å². The number of alkyl halides is 2. The van der Waals surface area contributed by atoms with Crippen LogP contribution in [0.15, 0.2) is 0 Å². The van der Waals surface area contributed by atoms with Crippen LogP contribution in [0, 0.1) is 0 Å². The lowest BCUT2D eigenvalue weighted by atomic mass is 10.2. The second-order valence-electron chi connectivity index (χ2n) is 2.50. The minimum absolute atomic E-state index is 0.172. The van der Waals surface area contributed by atoms with Crippen molar-refractivity contribution in [2.75, 3.05) is 13.2 Å². The van der Waals surface area contributed by atoms with Crippen molar-refractivity contribution in [3.8, 4) is 0 Å². The van der Waals surface area contributed by atoms with Crippen LogP contribution < -0.4 is 0 Å². The van der Waals surface area contributed by atoms with Gasteiger partial charge in [0.2, 0.25) is 6.10 Å². The van der Waals surface area contributed by atoms with Crippen molar-refractivity contribution in [3.63, 3.8) is 0 Å². The van der Waals surface area contributed by atoms with Crippen LogP contribution in [0.5, 0.6) is 0 Å². The first-order chi connectivity index (χ1) is 6.87. The number of aliphatic hydroxyl groups excluding tert-OH is 1. The van der Waals surface area contributed by atoms with Crippen LogP contribution in [0.4, 0.5) is 8.78 Å². The van der Waals surface area contributed by atoms with Gasteiger partial charge in [0.1, 0.15) is 0 Å². The zero-order valence-electron chi connectivity index (χ0n) is 8.33. The molecule has 0 saturated carbocycles. The maximum absolute atomic E-state index is 12.9. The Bertz CT molecular complexity index is 241. The van der Waals surface area contributed by atoms with Crippen LogP contribution in [0.3, 0.4) is 0 Å². The fourth-order valence-corrected chi connectivity index (χ4v) is 0.708. The summed E-state index contributed by atoms with van der Waals surface area (Å²) in [6.07, 6.45) is -2.84. The van der Waals surface area contributed by atoms with Crippen LogP contribution in [-0.2, 0) is 19.1 Å². The molecule has 0 aromatic carbocycles. The Hall–Kier alpha value is -1.24. The summed E-state index contributed by atoms with van der Waals surface area (Å²) < 4.78 is 34.0. The van der Waals surface area contributed by atoms with E-state index in [-0.39, 0.29) is 13.2 Å². The largest absolute Gasteiger partial charge is 0.464 e. The van der Waals surface area contributed by atoms with E-state index in [1.165, 1.54) is 13.8 Å². The average molecular weight is 226 g/mol. The third kappa shape index (κ3) is 3.43. The molecule has 0 radical (unpaired) electrons. The van der Waals surface area contributed by atoms with E-state index in [2.05, 4.69) is 9.47 Å². The summed E-state index contributed by atoms with van der Waals surface area (Å²) in [4.78, 5) is 21.4. The Morgan fingerprint density at radius 2 is 1.73 bits per heavy atom. The van der Waals surface area contributed by atoms with Gasteiger partial charge in [-0.15, -0.1) is 0 Å². The highest BCUT2D eigenvalue weighted by Crippen LogP contribution is 2.21. The number of halogens is 2. The molecule has 5 nitrogen and oxygen atoms in total. The summed E-state index contributed by atoms with van der Waals surface area (Å²) in [6.45, 7) is 2.26. The summed E-state index contributed by atoms with van der Waals surface area (Å²) >= 11 is 0. The molecule has 88 valence electrons. The molecule has 0 aliphatic rings. The number of carbonyl (C=O) groups excluding carboxylic acids is 2. The van der Waals surface area contributed by atoms with Crippen LogP contribution in [0.2, 0.25) is 0 Å². The molecule has 0 fully saturated rings. The lowest BCUT2D eigenvalue weighted by Gasteiger charge is -2.18. The Kier molecular flexibility index (Phi) is 5.13. The van der Waals surface area contributed by atoms with Gasteiger partial charge >= 0.3 is 17.9 Å². The summed E-state index contributed by atoms with van der Waals surface area (Å²) in [5.74, 6) is -7.80. The van der Waals surface area contributed by atoms with Crippen molar-refractivity contribution in [1.29, 1.82) is 0 Å². The highest BCUT2D eigenvalue weighted by Gasteiger charge is 2.52. The van der Waals surface area contributed by atoms with E-state index in [9.17, 15) is 18.4 Å². The van der Waals surface area contributed by atoms with E-state index < -0.39 is 24.0 Å². The van der Waals surface area contributed by atoms with Gasteiger partial charge in [-0.3, -0.25) is 0 Å². The summed E-state index contributed by atoms with van der Waals surface area (Å²) in [7, 11) is 0. The highest BCUT2D eigenvalue weighted by molar-refractivity contribution is 5.87. The third-order valence-electron chi connectivity index (χ3n) is 1.40. The monoisotopic (exact) mass is 226 g/mol. The number of aliphatic hydroxyl groups is 1. The maximum atomic E-state index is 12.9. The smallest absolute Gasteiger partial charge is 0.380 e. The lowest BCUT2D eigenvalue weighted by molar-refractivity contribution is -0.198. The van der Waals surface area contributed by atoms with E-state index in [1.807, 2.05) is 0 Å². The molecule has 0 saturated heterocycles. The zero-order valence-corrected chi connectivity index (χ0v) is 8.33. The second-order valence-corrected chi connectivity index (χ2v) is 2.50. The SMILES string of the molecule is CCOC(=O)C(O)C(F)(F)C(=O)OCC. The van der Waals surface area contributed by atoms with Crippen molar-refractivity contribution in [3.05, 3.63) is 0 Å². The first-order valence-electron chi connectivity index (χ1n) is 4.27. The van der Waals surface area contributed by atoms with Gasteiger partial charge in [-0.05, 0) is 13.8 Å². The minimum atomic E-state index is -4.29. The van der Waals surface area contributed by atoms with E-state index >= 15 is 0 Å². The standard InChI is InChI=1S/C8H12F2O5/c1-3-14-6(12)5(11)8(9,10)7(13)15-4-2/h5,11H,3-4H2,1-2H3. The summed E-state index contributed by atoms with van der Waals surface area (Å²) in [6, 6.07) is 0. The molecular formula is C8H12F2O5. The highest BCUT2D eigenvalue weighted by atomic mass is 19.3. The average Bonchev–Trinajstić information content (AvgIpc) is 2.17. The van der Waals surface area contributed by atoms with Gasteiger partial charge in [0.25, 0.3) is 0 Å². The Morgan fingerprint density at radius 1 is 1.27 bits per heavy atom. The van der Waals surface area contributed by atoms with Gasteiger partial charge in [-0.2, -0.15) is 8.78 Å². The Balaban J connectivity index is 4.56. The molecule has 1 N–H and O–H groups in total. The van der Waals surface area contributed by atoms with Crippen molar-refractivity contribution in [2.45, 2.75) is 25.9 Å². The van der Waals surface area contributed by atoms with Crippen molar-refractivity contribution < 1.29 is 33.0 Å².